The van der Waals surface area contributed by atoms with E-state index in [9.17, 15) is 13.2 Å². The molecule has 0 aliphatic carbocycles. The van der Waals surface area contributed by atoms with Crippen LogP contribution >= 0.6 is 0 Å². The first-order valence-electron chi connectivity index (χ1n) is 8.64. The molecule has 3 heterocycles. The van der Waals surface area contributed by atoms with E-state index in [2.05, 4.69) is 24.4 Å². The van der Waals surface area contributed by atoms with Gasteiger partial charge in [0.05, 0.1) is 12.2 Å². The smallest absolute Gasteiger partial charge is 0.267 e. The van der Waals surface area contributed by atoms with Crippen LogP contribution in [0.3, 0.4) is 0 Å². The second kappa shape index (κ2) is 7.58. The molecule has 26 heavy (non-hydrogen) atoms. The van der Waals surface area contributed by atoms with Gasteiger partial charge in [0.15, 0.2) is 0 Å². The highest BCUT2D eigenvalue weighted by atomic mass is 32.2. The van der Waals surface area contributed by atoms with E-state index < -0.39 is 10.0 Å². The summed E-state index contributed by atoms with van der Waals surface area (Å²) in [5.41, 5.74) is -0.148. The minimum absolute atomic E-state index is 0.00587. The third-order valence-electron chi connectivity index (χ3n) is 4.45. The number of anilines is 1. The Labute approximate surface area is 152 Å². The normalized spacial score (nSPS) is 18.4. The van der Waals surface area contributed by atoms with Crippen LogP contribution in [0.25, 0.3) is 0 Å². The molecular formula is C16H23N5O4S. The number of hydrogen-bond donors (Lipinski definition) is 1. The second-order valence-corrected chi connectivity index (χ2v) is 8.39. The summed E-state index contributed by atoms with van der Waals surface area (Å²) in [5, 5.41) is 7.90. The summed E-state index contributed by atoms with van der Waals surface area (Å²) in [6.07, 6.45) is 5.12. The van der Waals surface area contributed by atoms with Crippen molar-refractivity contribution in [2.75, 3.05) is 18.0 Å². The zero-order valence-electron chi connectivity index (χ0n) is 14.8. The summed E-state index contributed by atoms with van der Waals surface area (Å²) in [5.74, 6) is 0.687. The van der Waals surface area contributed by atoms with Gasteiger partial charge in [-0.05, 0) is 39.2 Å². The molecule has 10 heteroatoms. The van der Waals surface area contributed by atoms with E-state index in [4.69, 9.17) is 0 Å². The molecule has 1 unspecified atom stereocenters. The Morgan fingerprint density at radius 3 is 2.85 bits per heavy atom. The Balaban J connectivity index is 1.78. The van der Waals surface area contributed by atoms with Crippen molar-refractivity contribution in [3.8, 4) is 0 Å². The fourth-order valence-electron chi connectivity index (χ4n) is 3.07. The lowest BCUT2D eigenvalue weighted by molar-refractivity contribution is 0.417. The monoisotopic (exact) mass is 381 g/mol. The minimum Gasteiger partial charge on any atom is -0.363 e. The van der Waals surface area contributed by atoms with Crippen molar-refractivity contribution in [1.82, 2.24) is 19.7 Å². The topological polar surface area (TPSA) is 110 Å². The first-order chi connectivity index (χ1) is 12.4. The Kier molecular flexibility index (Phi) is 5.42. The van der Waals surface area contributed by atoms with Gasteiger partial charge in [0.1, 0.15) is 17.0 Å². The highest BCUT2D eigenvalue weighted by Crippen LogP contribution is 2.23. The van der Waals surface area contributed by atoms with Crippen LogP contribution in [0.1, 0.15) is 39.2 Å². The van der Waals surface area contributed by atoms with E-state index in [0.717, 1.165) is 32.1 Å². The molecule has 0 bridgehead atoms. The number of aromatic nitrogens is 3. The summed E-state index contributed by atoms with van der Waals surface area (Å²) < 4.78 is 33.2. The van der Waals surface area contributed by atoms with Crippen molar-refractivity contribution in [2.24, 2.45) is 0 Å². The van der Waals surface area contributed by atoms with Gasteiger partial charge in [0.2, 0.25) is 10.0 Å². The third-order valence-corrected chi connectivity index (χ3v) is 5.82. The lowest BCUT2D eigenvalue weighted by atomic mass is 10.0. The summed E-state index contributed by atoms with van der Waals surface area (Å²) >= 11 is 0. The lowest BCUT2D eigenvalue weighted by Crippen LogP contribution is -2.47. The molecule has 0 amide bonds. The molecular weight excluding hydrogens is 358 g/mol. The predicted octanol–water partition coefficient (Wildman–Crippen LogP) is 1.15. The molecule has 0 saturated carbocycles. The zero-order chi connectivity index (χ0) is 18.7. The van der Waals surface area contributed by atoms with Crippen LogP contribution in [0.5, 0.6) is 0 Å². The molecule has 0 spiro atoms. The summed E-state index contributed by atoms with van der Waals surface area (Å²) in [6.45, 7) is 4.82. The van der Waals surface area contributed by atoms with Gasteiger partial charge in [-0.1, -0.05) is 5.16 Å². The maximum Gasteiger partial charge on any atom is 0.267 e. The van der Waals surface area contributed by atoms with Crippen molar-refractivity contribution in [3.05, 3.63) is 34.9 Å². The molecule has 142 valence electrons. The number of sulfonamides is 1. The standard InChI is InChI=1S/C16H23N5O4S/c1-12(2)21-16(22)7-6-15(19-21)20-8-4-3-5-13(20)9-18-26(23,24)14-10-17-25-11-14/h6-7,10-13,18H,3-5,8-9H2,1-2H3. The first-order valence-corrected chi connectivity index (χ1v) is 10.1. The van der Waals surface area contributed by atoms with Crippen LogP contribution in [-0.4, -0.2) is 42.5 Å². The van der Waals surface area contributed by atoms with Crippen LogP contribution < -0.4 is 15.2 Å². The second-order valence-electron chi connectivity index (χ2n) is 6.62. The van der Waals surface area contributed by atoms with Crippen LogP contribution in [0, 0.1) is 0 Å². The SMILES string of the molecule is CC(C)n1nc(N2CCCCC2CNS(=O)(=O)c2cnoc2)ccc1=O. The molecule has 0 aromatic carbocycles. The Hall–Kier alpha value is -2.20. The van der Waals surface area contributed by atoms with Crippen LogP contribution in [-0.2, 0) is 10.0 Å². The number of rotatable bonds is 6. The molecule has 2 aromatic heterocycles. The quantitative estimate of drug-likeness (QED) is 0.799. The Bertz CT molecular complexity index is 892. The average Bonchev–Trinajstić information content (AvgIpc) is 3.16. The van der Waals surface area contributed by atoms with Gasteiger partial charge in [0, 0.05) is 25.2 Å². The van der Waals surface area contributed by atoms with E-state index in [-0.39, 0.29) is 29.1 Å². The van der Waals surface area contributed by atoms with Gasteiger partial charge in [0.25, 0.3) is 5.56 Å². The maximum absolute atomic E-state index is 12.3. The minimum atomic E-state index is -3.66. The summed E-state index contributed by atoms with van der Waals surface area (Å²) in [4.78, 5) is 14.0. The van der Waals surface area contributed by atoms with Crippen molar-refractivity contribution < 1.29 is 12.9 Å². The van der Waals surface area contributed by atoms with Gasteiger partial charge in [-0.2, -0.15) is 5.10 Å². The van der Waals surface area contributed by atoms with Gasteiger partial charge in [-0.15, -0.1) is 0 Å². The molecule has 9 nitrogen and oxygen atoms in total. The molecule has 1 saturated heterocycles. The van der Waals surface area contributed by atoms with Gasteiger partial charge in [-0.25, -0.2) is 17.8 Å². The Morgan fingerprint density at radius 2 is 2.15 bits per heavy atom. The van der Waals surface area contributed by atoms with E-state index in [1.807, 2.05) is 13.8 Å². The van der Waals surface area contributed by atoms with Crippen molar-refractivity contribution >= 4 is 15.8 Å². The molecule has 1 fully saturated rings. The molecule has 2 aromatic rings. The van der Waals surface area contributed by atoms with Crippen LogP contribution in [0.4, 0.5) is 5.82 Å². The zero-order valence-corrected chi connectivity index (χ0v) is 15.6. The lowest BCUT2D eigenvalue weighted by Gasteiger charge is -2.36. The number of nitrogens with one attached hydrogen (secondary N) is 1. The number of hydrogen-bond acceptors (Lipinski definition) is 7. The fourth-order valence-corrected chi connectivity index (χ4v) is 4.00. The van der Waals surface area contributed by atoms with Gasteiger partial charge < -0.3 is 9.42 Å². The first kappa shape index (κ1) is 18.6. The van der Waals surface area contributed by atoms with Crippen LogP contribution in [0.2, 0.25) is 0 Å². The van der Waals surface area contributed by atoms with Crippen LogP contribution in [0.15, 0.2) is 38.8 Å². The van der Waals surface area contributed by atoms with Crippen molar-refractivity contribution in [3.63, 3.8) is 0 Å². The summed E-state index contributed by atoms with van der Waals surface area (Å²) in [7, 11) is -3.66. The van der Waals surface area contributed by atoms with E-state index >= 15 is 0 Å². The van der Waals surface area contributed by atoms with Gasteiger partial charge >= 0.3 is 0 Å². The molecule has 3 rings (SSSR count). The predicted molar refractivity (Wildman–Crippen MR) is 95.6 cm³/mol. The summed E-state index contributed by atoms with van der Waals surface area (Å²) in [6, 6.07) is 3.13. The van der Waals surface area contributed by atoms with E-state index in [1.54, 1.807) is 6.07 Å². The highest BCUT2D eigenvalue weighted by molar-refractivity contribution is 7.89. The number of piperidine rings is 1. The van der Waals surface area contributed by atoms with E-state index in [0.29, 0.717) is 5.82 Å². The molecule has 1 atom stereocenters. The maximum atomic E-state index is 12.3. The highest BCUT2D eigenvalue weighted by Gasteiger charge is 2.26. The van der Waals surface area contributed by atoms with Crippen molar-refractivity contribution in [2.45, 2.75) is 50.1 Å². The molecule has 0 radical (unpaired) electrons. The van der Waals surface area contributed by atoms with Gasteiger partial charge in [-0.3, -0.25) is 4.79 Å². The molecule has 1 aliphatic heterocycles. The molecule has 1 N–H and O–H groups in total. The molecule has 1 aliphatic rings. The third kappa shape index (κ3) is 3.96. The number of nitrogens with zero attached hydrogens (tertiary/aromatic N) is 4. The average molecular weight is 381 g/mol. The largest absolute Gasteiger partial charge is 0.363 e. The fraction of sp³-hybridized carbons (Fsp3) is 0.562. The van der Waals surface area contributed by atoms with E-state index in [1.165, 1.54) is 16.9 Å². The Morgan fingerprint density at radius 1 is 1.35 bits per heavy atom. The van der Waals surface area contributed by atoms with Crippen molar-refractivity contribution in [1.29, 1.82) is 0 Å².